The number of piperidine rings is 1. The smallest absolute Gasteiger partial charge is 0.337 e. The van der Waals surface area contributed by atoms with E-state index in [-0.39, 0.29) is 23.5 Å². The number of nitrogens with zero attached hydrogens (tertiary/aromatic N) is 3. The number of nitrogens with one attached hydrogen (secondary N) is 2. The van der Waals surface area contributed by atoms with E-state index in [2.05, 4.69) is 25.5 Å². The highest BCUT2D eigenvalue weighted by Gasteiger charge is 2.30. The number of rotatable bonds is 8. The van der Waals surface area contributed by atoms with Crippen LogP contribution in [0.1, 0.15) is 36.0 Å². The van der Waals surface area contributed by atoms with E-state index in [4.69, 9.17) is 4.74 Å². The minimum atomic E-state index is -0.457. The van der Waals surface area contributed by atoms with E-state index in [1.807, 2.05) is 6.07 Å². The van der Waals surface area contributed by atoms with Crippen LogP contribution in [0.2, 0.25) is 0 Å². The molecular formula is C23H27N5O4S. The average Bonchev–Trinajstić information content (AvgIpc) is 3.66. The molecule has 0 radical (unpaired) electrons. The van der Waals surface area contributed by atoms with E-state index in [9.17, 15) is 14.4 Å². The van der Waals surface area contributed by atoms with Crippen molar-refractivity contribution in [3.63, 3.8) is 0 Å². The fourth-order valence-electron chi connectivity index (χ4n) is 3.68. The highest BCUT2D eigenvalue weighted by molar-refractivity contribution is 7.99. The van der Waals surface area contributed by atoms with Gasteiger partial charge in [0.1, 0.15) is 17.2 Å². The summed E-state index contributed by atoms with van der Waals surface area (Å²) in [6.07, 6.45) is 5.31. The number of anilines is 2. The topological polar surface area (TPSA) is 114 Å². The van der Waals surface area contributed by atoms with Crippen LogP contribution in [0.4, 0.5) is 11.5 Å². The number of aromatic nitrogens is 2. The van der Waals surface area contributed by atoms with Crippen LogP contribution in [0.25, 0.3) is 0 Å². The molecule has 1 aromatic heterocycles. The van der Waals surface area contributed by atoms with E-state index in [1.165, 1.54) is 25.2 Å². The number of esters is 1. The summed E-state index contributed by atoms with van der Waals surface area (Å²) in [6.45, 7) is 1.53. The molecule has 1 saturated carbocycles. The van der Waals surface area contributed by atoms with Crippen LogP contribution in [0, 0.1) is 5.92 Å². The number of carbonyl (C=O) groups excluding carboxylic acids is 3. The number of hydrogen-bond acceptors (Lipinski definition) is 8. The first-order valence-corrected chi connectivity index (χ1v) is 12.0. The normalized spacial score (nSPS) is 16.2. The molecule has 1 aliphatic heterocycles. The number of thioether (sulfide) groups is 1. The Morgan fingerprint density at radius 1 is 1.12 bits per heavy atom. The van der Waals surface area contributed by atoms with Gasteiger partial charge in [-0.25, -0.2) is 14.8 Å². The van der Waals surface area contributed by atoms with Crippen LogP contribution >= 0.6 is 11.8 Å². The lowest BCUT2D eigenvalue weighted by Crippen LogP contribution is -2.41. The molecule has 174 valence electrons. The van der Waals surface area contributed by atoms with Crippen molar-refractivity contribution >= 4 is 41.1 Å². The molecule has 4 rings (SSSR count). The van der Waals surface area contributed by atoms with Gasteiger partial charge in [-0.1, -0.05) is 17.8 Å². The fourth-order valence-corrected chi connectivity index (χ4v) is 4.34. The van der Waals surface area contributed by atoms with Crippen LogP contribution in [0.5, 0.6) is 0 Å². The van der Waals surface area contributed by atoms with Crippen LogP contribution in [-0.2, 0) is 14.3 Å². The lowest BCUT2D eigenvalue weighted by atomic mass is 9.96. The Bertz CT molecular complexity index is 1020. The van der Waals surface area contributed by atoms with Crippen LogP contribution < -0.4 is 15.5 Å². The van der Waals surface area contributed by atoms with Gasteiger partial charge >= 0.3 is 5.97 Å². The number of carbonyl (C=O) groups is 3. The van der Waals surface area contributed by atoms with Crippen LogP contribution in [-0.4, -0.2) is 59.7 Å². The fraction of sp³-hybridized carbons (Fsp3) is 0.435. The summed E-state index contributed by atoms with van der Waals surface area (Å²) in [5.41, 5.74) is 0.901. The molecule has 0 unspecified atom stereocenters. The van der Waals surface area contributed by atoms with Crippen molar-refractivity contribution in [2.45, 2.75) is 36.8 Å². The predicted molar refractivity (Wildman–Crippen MR) is 125 cm³/mol. The molecule has 1 saturated heterocycles. The lowest BCUT2D eigenvalue weighted by Gasteiger charge is -2.32. The Balaban J connectivity index is 1.26. The van der Waals surface area contributed by atoms with E-state index in [0.717, 1.165) is 44.6 Å². The Kier molecular flexibility index (Phi) is 7.43. The Morgan fingerprint density at radius 2 is 1.91 bits per heavy atom. The first kappa shape index (κ1) is 23.0. The van der Waals surface area contributed by atoms with Gasteiger partial charge < -0.3 is 20.3 Å². The molecule has 10 heteroatoms. The molecule has 1 aromatic carbocycles. The third-order valence-electron chi connectivity index (χ3n) is 5.66. The zero-order valence-corrected chi connectivity index (χ0v) is 19.3. The van der Waals surface area contributed by atoms with Crippen molar-refractivity contribution in [3.8, 4) is 0 Å². The first-order chi connectivity index (χ1) is 16.0. The Morgan fingerprint density at radius 3 is 2.64 bits per heavy atom. The molecule has 2 aliphatic rings. The molecule has 2 N–H and O–H groups in total. The van der Waals surface area contributed by atoms with Gasteiger partial charge in [-0.15, -0.1) is 0 Å². The minimum absolute atomic E-state index is 0.0684. The summed E-state index contributed by atoms with van der Waals surface area (Å²) >= 11 is 1.31. The zero-order valence-electron chi connectivity index (χ0n) is 18.5. The highest BCUT2D eigenvalue weighted by Crippen LogP contribution is 2.26. The predicted octanol–water partition coefficient (Wildman–Crippen LogP) is 2.49. The highest BCUT2D eigenvalue weighted by atomic mass is 32.2. The maximum absolute atomic E-state index is 12.4. The number of ether oxygens (including phenoxy) is 1. The van der Waals surface area contributed by atoms with Crippen molar-refractivity contribution in [3.05, 3.63) is 42.2 Å². The molecule has 2 aromatic rings. The molecule has 0 spiro atoms. The second-order valence-electron chi connectivity index (χ2n) is 8.17. The van der Waals surface area contributed by atoms with Gasteiger partial charge in [0, 0.05) is 36.8 Å². The maximum Gasteiger partial charge on any atom is 0.337 e. The van der Waals surface area contributed by atoms with Crippen molar-refractivity contribution in [1.29, 1.82) is 0 Å². The second kappa shape index (κ2) is 10.7. The zero-order chi connectivity index (χ0) is 23.2. The quantitative estimate of drug-likeness (QED) is 0.344. The summed E-state index contributed by atoms with van der Waals surface area (Å²) in [5.74, 6) is 0.562. The van der Waals surface area contributed by atoms with Gasteiger partial charge in [-0.2, -0.15) is 0 Å². The number of methoxy groups -OCH3 is 1. The van der Waals surface area contributed by atoms with Gasteiger partial charge in [0.05, 0.1) is 18.4 Å². The third kappa shape index (κ3) is 6.44. The first-order valence-electron chi connectivity index (χ1n) is 11.0. The lowest BCUT2D eigenvalue weighted by molar-refractivity contribution is -0.125. The van der Waals surface area contributed by atoms with Gasteiger partial charge in [0.25, 0.3) is 0 Å². The van der Waals surface area contributed by atoms with Crippen molar-refractivity contribution in [2.24, 2.45) is 5.92 Å². The minimum Gasteiger partial charge on any atom is -0.465 e. The summed E-state index contributed by atoms with van der Waals surface area (Å²) < 4.78 is 4.70. The largest absolute Gasteiger partial charge is 0.465 e. The van der Waals surface area contributed by atoms with Crippen LogP contribution in [0.15, 0.2) is 41.7 Å². The number of benzene rings is 1. The summed E-state index contributed by atoms with van der Waals surface area (Å²) in [5, 5.41) is 6.58. The van der Waals surface area contributed by atoms with Gasteiger partial charge in [0.2, 0.25) is 11.8 Å². The molecule has 2 fully saturated rings. The summed E-state index contributed by atoms with van der Waals surface area (Å²) in [7, 11) is 1.31. The second-order valence-corrected chi connectivity index (χ2v) is 9.16. The molecule has 9 nitrogen and oxygen atoms in total. The van der Waals surface area contributed by atoms with E-state index in [1.54, 1.807) is 24.3 Å². The van der Waals surface area contributed by atoms with Gasteiger partial charge in [-0.05, 0) is 43.9 Å². The summed E-state index contributed by atoms with van der Waals surface area (Å²) in [6, 6.07) is 8.87. The molecule has 1 aliphatic carbocycles. The summed E-state index contributed by atoms with van der Waals surface area (Å²) in [4.78, 5) is 47.1. The van der Waals surface area contributed by atoms with Crippen molar-refractivity contribution in [1.82, 2.24) is 15.3 Å². The van der Waals surface area contributed by atoms with Crippen LogP contribution in [0.3, 0.4) is 0 Å². The van der Waals surface area contributed by atoms with Crippen molar-refractivity contribution < 1.29 is 19.1 Å². The Labute approximate surface area is 196 Å². The van der Waals surface area contributed by atoms with E-state index in [0.29, 0.717) is 22.3 Å². The molecular weight excluding hydrogens is 442 g/mol. The SMILES string of the molecule is COC(=O)c1cccc(NC(=O)CSc2cc(N3CCC(C(=O)NC4CC4)CC3)ncn2)c1. The number of hydrogen-bond donors (Lipinski definition) is 2. The Hall–Kier alpha value is -3.14. The van der Waals surface area contributed by atoms with E-state index < -0.39 is 5.97 Å². The van der Waals surface area contributed by atoms with Gasteiger partial charge in [0.15, 0.2) is 0 Å². The van der Waals surface area contributed by atoms with Gasteiger partial charge in [-0.3, -0.25) is 9.59 Å². The average molecular weight is 470 g/mol. The molecule has 0 atom stereocenters. The third-order valence-corrected chi connectivity index (χ3v) is 6.59. The molecule has 2 heterocycles. The maximum atomic E-state index is 12.4. The monoisotopic (exact) mass is 469 g/mol. The molecule has 2 amide bonds. The van der Waals surface area contributed by atoms with E-state index >= 15 is 0 Å². The molecule has 33 heavy (non-hydrogen) atoms. The number of amides is 2. The molecule has 0 bridgehead atoms. The van der Waals surface area contributed by atoms with Crippen molar-refractivity contribution in [2.75, 3.05) is 36.2 Å². The standard InChI is InChI=1S/C23H27N5O4S/c1-32-23(31)16-3-2-4-18(11-16)26-20(29)13-33-21-12-19(24-14-25-21)28-9-7-15(8-10-28)22(30)27-17-5-6-17/h2-4,11-12,14-15,17H,5-10,13H2,1H3,(H,26,29)(H,27,30).